The molecule has 0 aliphatic rings. The molecule has 0 fully saturated rings. The Morgan fingerprint density at radius 1 is 1.10 bits per heavy atom. The fourth-order valence-corrected chi connectivity index (χ4v) is 3.64. The zero-order valence-electron chi connectivity index (χ0n) is 16.3. The highest BCUT2D eigenvalue weighted by Crippen LogP contribution is 2.22. The standard InChI is InChI=1S/C22H20FN5OS/c1-30-22-25-14-20(28(22)19-9-7-18(23)8-10-19)21(29)24-13-16-3-5-17(6-4-16)15-27-12-2-11-26-27/h2-12,14H,13,15H2,1H3,(H,24,29). The molecular weight excluding hydrogens is 401 g/mol. The summed E-state index contributed by atoms with van der Waals surface area (Å²) in [5.74, 6) is -0.570. The quantitative estimate of drug-likeness (QED) is 0.460. The molecule has 1 amide bonds. The number of carbonyl (C=O) groups excluding carboxylic acids is 1. The molecule has 2 aromatic heterocycles. The Labute approximate surface area is 177 Å². The van der Waals surface area contributed by atoms with Crippen LogP contribution in [0.5, 0.6) is 0 Å². The molecule has 30 heavy (non-hydrogen) atoms. The van der Waals surface area contributed by atoms with E-state index in [4.69, 9.17) is 0 Å². The molecule has 0 radical (unpaired) electrons. The van der Waals surface area contributed by atoms with Crippen LogP contribution >= 0.6 is 11.8 Å². The van der Waals surface area contributed by atoms with E-state index in [1.165, 1.54) is 30.1 Å². The van der Waals surface area contributed by atoms with Gasteiger partial charge in [0.2, 0.25) is 0 Å². The van der Waals surface area contributed by atoms with Crippen molar-refractivity contribution in [2.75, 3.05) is 6.26 Å². The van der Waals surface area contributed by atoms with Gasteiger partial charge in [-0.1, -0.05) is 36.0 Å². The second-order valence-corrected chi connectivity index (χ2v) is 7.42. The molecule has 0 atom stereocenters. The summed E-state index contributed by atoms with van der Waals surface area (Å²) >= 11 is 1.42. The second-order valence-electron chi connectivity index (χ2n) is 6.64. The molecule has 0 bridgehead atoms. The second kappa shape index (κ2) is 8.96. The van der Waals surface area contributed by atoms with Gasteiger partial charge in [-0.05, 0) is 47.7 Å². The van der Waals surface area contributed by atoms with Gasteiger partial charge in [0, 0.05) is 24.6 Å². The van der Waals surface area contributed by atoms with E-state index in [0.29, 0.717) is 29.6 Å². The fraction of sp³-hybridized carbons (Fsp3) is 0.136. The molecule has 0 unspecified atom stereocenters. The lowest BCUT2D eigenvalue weighted by molar-refractivity contribution is 0.0943. The minimum atomic E-state index is -0.327. The van der Waals surface area contributed by atoms with Crippen molar-refractivity contribution < 1.29 is 9.18 Å². The summed E-state index contributed by atoms with van der Waals surface area (Å²) in [5, 5.41) is 7.80. The third kappa shape index (κ3) is 4.44. The van der Waals surface area contributed by atoms with Crippen molar-refractivity contribution in [2.24, 2.45) is 0 Å². The topological polar surface area (TPSA) is 64.7 Å². The van der Waals surface area contributed by atoms with Crippen molar-refractivity contribution in [1.29, 1.82) is 0 Å². The van der Waals surface area contributed by atoms with Crippen molar-refractivity contribution in [2.45, 2.75) is 18.2 Å². The Morgan fingerprint density at radius 2 is 1.83 bits per heavy atom. The van der Waals surface area contributed by atoms with E-state index in [-0.39, 0.29) is 11.7 Å². The van der Waals surface area contributed by atoms with E-state index >= 15 is 0 Å². The summed E-state index contributed by atoms with van der Waals surface area (Å²) in [7, 11) is 0. The van der Waals surface area contributed by atoms with Crippen LogP contribution in [0.4, 0.5) is 4.39 Å². The number of rotatable bonds is 7. The average molecular weight is 422 g/mol. The van der Waals surface area contributed by atoms with E-state index in [1.807, 2.05) is 47.5 Å². The number of nitrogens with zero attached hydrogens (tertiary/aromatic N) is 4. The molecule has 1 N–H and O–H groups in total. The Kier molecular flexibility index (Phi) is 5.94. The summed E-state index contributed by atoms with van der Waals surface area (Å²) in [6, 6.07) is 15.9. The molecule has 4 aromatic rings. The first-order valence-corrected chi connectivity index (χ1v) is 10.6. The van der Waals surface area contributed by atoms with E-state index in [2.05, 4.69) is 15.4 Å². The zero-order valence-corrected chi connectivity index (χ0v) is 17.1. The number of imidazole rings is 1. The first-order valence-electron chi connectivity index (χ1n) is 9.35. The first-order chi connectivity index (χ1) is 14.6. The number of aromatic nitrogens is 4. The first kappa shape index (κ1) is 19.9. The van der Waals surface area contributed by atoms with Gasteiger partial charge in [0.25, 0.3) is 5.91 Å². The van der Waals surface area contributed by atoms with Gasteiger partial charge in [-0.25, -0.2) is 9.37 Å². The van der Waals surface area contributed by atoms with Gasteiger partial charge < -0.3 is 5.32 Å². The van der Waals surface area contributed by atoms with Crippen LogP contribution < -0.4 is 5.32 Å². The predicted octanol–water partition coefficient (Wildman–Crippen LogP) is 3.91. The van der Waals surface area contributed by atoms with E-state index < -0.39 is 0 Å². The lowest BCUT2D eigenvalue weighted by Crippen LogP contribution is -2.25. The Morgan fingerprint density at radius 3 is 2.50 bits per heavy atom. The van der Waals surface area contributed by atoms with Gasteiger partial charge in [-0.15, -0.1) is 0 Å². The van der Waals surface area contributed by atoms with E-state index in [0.717, 1.165) is 11.1 Å². The van der Waals surface area contributed by atoms with Crippen LogP contribution in [0.25, 0.3) is 5.69 Å². The summed E-state index contributed by atoms with van der Waals surface area (Å²) in [6.45, 7) is 1.10. The highest BCUT2D eigenvalue weighted by molar-refractivity contribution is 7.98. The number of nitrogens with one attached hydrogen (secondary N) is 1. The predicted molar refractivity (Wildman–Crippen MR) is 114 cm³/mol. The summed E-state index contributed by atoms with van der Waals surface area (Å²) < 4.78 is 16.9. The third-order valence-corrected chi connectivity index (χ3v) is 5.26. The number of hydrogen-bond acceptors (Lipinski definition) is 4. The van der Waals surface area contributed by atoms with Gasteiger partial charge in [0.05, 0.1) is 12.7 Å². The van der Waals surface area contributed by atoms with Crippen molar-refractivity contribution >= 4 is 17.7 Å². The lowest BCUT2D eigenvalue weighted by Gasteiger charge is -2.11. The van der Waals surface area contributed by atoms with Gasteiger partial charge in [0.1, 0.15) is 11.5 Å². The minimum absolute atomic E-state index is 0.243. The minimum Gasteiger partial charge on any atom is -0.347 e. The van der Waals surface area contributed by atoms with Crippen molar-refractivity contribution in [3.63, 3.8) is 0 Å². The molecule has 152 valence electrons. The molecule has 0 aliphatic heterocycles. The number of thioether (sulfide) groups is 1. The SMILES string of the molecule is CSc1ncc(C(=O)NCc2ccc(Cn3cccn3)cc2)n1-c1ccc(F)cc1. The highest BCUT2D eigenvalue weighted by Gasteiger charge is 2.17. The molecule has 8 heteroatoms. The maximum Gasteiger partial charge on any atom is 0.270 e. The van der Waals surface area contributed by atoms with E-state index in [1.54, 1.807) is 22.9 Å². The van der Waals surface area contributed by atoms with Crippen molar-refractivity contribution in [3.8, 4) is 5.69 Å². The van der Waals surface area contributed by atoms with Crippen LogP contribution in [0.2, 0.25) is 0 Å². The zero-order chi connectivity index (χ0) is 20.9. The fourth-order valence-electron chi connectivity index (χ4n) is 3.10. The molecule has 6 nitrogen and oxygen atoms in total. The van der Waals surface area contributed by atoms with Crippen LogP contribution in [-0.4, -0.2) is 31.5 Å². The molecule has 0 spiro atoms. The van der Waals surface area contributed by atoms with Crippen molar-refractivity contribution in [1.82, 2.24) is 24.6 Å². The molecule has 0 saturated carbocycles. The third-order valence-electron chi connectivity index (χ3n) is 4.61. The Hall–Kier alpha value is -3.39. The van der Waals surface area contributed by atoms with Crippen LogP contribution in [0.1, 0.15) is 21.6 Å². The summed E-state index contributed by atoms with van der Waals surface area (Å²) in [6.07, 6.45) is 7.09. The number of amides is 1. The van der Waals surface area contributed by atoms with Gasteiger partial charge >= 0.3 is 0 Å². The largest absolute Gasteiger partial charge is 0.347 e. The van der Waals surface area contributed by atoms with Gasteiger partial charge in [-0.3, -0.25) is 14.0 Å². The molecule has 2 heterocycles. The molecule has 0 aliphatic carbocycles. The number of halogens is 1. The van der Waals surface area contributed by atoms with E-state index in [9.17, 15) is 9.18 Å². The number of carbonyl (C=O) groups is 1. The van der Waals surface area contributed by atoms with Crippen molar-refractivity contribution in [3.05, 3.63) is 95.8 Å². The Bertz CT molecular complexity index is 1120. The smallest absolute Gasteiger partial charge is 0.270 e. The molecule has 2 aromatic carbocycles. The van der Waals surface area contributed by atoms with Crippen LogP contribution in [0, 0.1) is 5.82 Å². The average Bonchev–Trinajstić information content (AvgIpc) is 3.43. The molecular formula is C22H20FN5OS. The van der Waals surface area contributed by atoms with Crippen LogP contribution in [-0.2, 0) is 13.1 Å². The number of hydrogen-bond donors (Lipinski definition) is 1. The summed E-state index contributed by atoms with van der Waals surface area (Å²) in [5.41, 5.74) is 3.21. The number of benzene rings is 2. The highest BCUT2D eigenvalue weighted by atomic mass is 32.2. The van der Waals surface area contributed by atoms with Crippen LogP contribution in [0.15, 0.2) is 78.3 Å². The maximum absolute atomic E-state index is 13.3. The lowest BCUT2D eigenvalue weighted by atomic mass is 10.1. The maximum atomic E-state index is 13.3. The molecule has 4 rings (SSSR count). The Balaban J connectivity index is 1.45. The van der Waals surface area contributed by atoms with Gasteiger partial charge in [0.15, 0.2) is 5.16 Å². The summed E-state index contributed by atoms with van der Waals surface area (Å²) in [4.78, 5) is 17.1. The monoisotopic (exact) mass is 421 g/mol. The molecule has 0 saturated heterocycles. The normalized spacial score (nSPS) is 10.9. The van der Waals surface area contributed by atoms with Crippen LogP contribution in [0.3, 0.4) is 0 Å². The van der Waals surface area contributed by atoms with Gasteiger partial charge in [-0.2, -0.15) is 5.10 Å².